The lowest BCUT2D eigenvalue weighted by molar-refractivity contribution is 0.141. The van der Waals surface area contributed by atoms with Gasteiger partial charge in [-0.3, -0.25) is 0 Å². The number of piperazine rings is 1. The minimum Gasteiger partial charge on any atom is -0.445 e. The molecular formula is C22H27N3O2. The van der Waals surface area contributed by atoms with Crippen molar-refractivity contribution in [3.63, 3.8) is 0 Å². The van der Waals surface area contributed by atoms with Gasteiger partial charge in [0.2, 0.25) is 0 Å². The summed E-state index contributed by atoms with van der Waals surface area (Å²) in [5.41, 5.74) is 3.36. The Morgan fingerprint density at radius 3 is 2.44 bits per heavy atom. The fourth-order valence-corrected chi connectivity index (χ4v) is 2.97. The molecule has 0 unspecified atom stereocenters. The van der Waals surface area contributed by atoms with E-state index in [1.54, 1.807) is 0 Å². The van der Waals surface area contributed by atoms with Crippen LogP contribution in [0.3, 0.4) is 0 Å². The van der Waals surface area contributed by atoms with Crippen LogP contribution in [0.15, 0.2) is 60.7 Å². The quantitative estimate of drug-likeness (QED) is 0.852. The fraction of sp³-hybridized carbons (Fsp3) is 0.318. The molecule has 1 heterocycles. The predicted molar refractivity (Wildman–Crippen MR) is 110 cm³/mol. The molecule has 5 heteroatoms. The summed E-state index contributed by atoms with van der Waals surface area (Å²) in [6, 6.07) is 18.2. The zero-order chi connectivity index (χ0) is 18.9. The first kappa shape index (κ1) is 19.0. The number of ether oxygens (including phenoxy) is 1. The van der Waals surface area contributed by atoms with Crippen LogP contribution in [-0.2, 0) is 11.3 Å². The van der Waals surface area contributed by atoms with Crippen molar-refractivity contribution in [3.05, 3.63) is 71.8 Å². The van der Waals surface area contributed by atoms with Crippen LogP contribution < -0.4 is 10.2 Å². The van der Waals surface area contributed by atoms with Gasteiger partial charge in [-0.1, -0.05) is 54.6 Å². The Kier molecular flexibility index (Phi) is 6.88. The van der Waals surface area contributed by atoms with Crippen molar-refractivity contribution in [1.29, 1.82) is 0 Å². The summed E-state index contributed by atoms with van der Waals surface area (Å²) in [6.07, 6.45) is 3.52. The average molecular weight is 365 g/mol. The summed E-state index contributed by atoms with van der Waals surface area (Å²) in [6.45, 7) is 5.07. The van der Waals surface area contributed by atoms with Crippen molar-refractivity contribution in [1.82, 2.24) is 10.2 Å². The van der Waals surface area contributed by atoms with E-state index in [9.17, 15) is 4.79 Å². The van der Waals surface area contributed by atoms with Gasteiger partial charge in [-0.25, -0.2) is 4.79 Å². The number of hydrogen-bond acceptors (Lipinski definition) is 4. The largest absolute Gasteiger partial charge is 0.445 e. The van der Waals surface area contributed by atoms with Gasteiger partial charge in [0.25, 0.3) is 0 Å². The normalized spacial score (nSPS) is 15.1. The highest BCUT2D eigenvalue weighted by Gasteiger charge is 2.13. The van der Waals surface area contributed by atoms with Crippen LogP contribution in [0.1, 0.15) is 11.1 Å². The zero-order valence-corrected chi connectivity index (χ0v) is 15.8. The Hall–Kier alpha value is -2.79. The van der Waals surface area contributed by atoms with Crippen molar-refractivity contribution in [3.8, 4) is 0 Å². The van der Waals surface area contributed by atoms with Gasteiger partial charge in [0, 0.05) is 38.4 Å². The standard InChI is InChI=1S/C22H27N3O2/c1-24-14-16-25(17-15-24)21-11-9-19(10-12-21)8-5-13-23-22(26)27-18-20-6-3-2-4-7-20/h2-12H,13-18H2,1H3,(H,23,26). The number of carbonyl (C=O) groups excluding carboxylic acids is 1. The Balaban J connectivity index is 1.38. The van der Waals surface area contributed by atoms with Gasteiger partial charge >= 0.3 is 6.09 Å². The SMILES string of the molecule is CN1CCN(c2ccc(C=CCNC(=O)OCc3ccccc3)cc2)CC1. The Morgan fingerprint density at radius 2 is 1.74 bits per heavy atom. The summed E-state index contributed by atoms with van der Waals surface area (Å²) >= 11 is 0. The van der Waals surface area contributed by atoms with E-state index in [0.29, 0.717) is 6.54 Å². The zero-order valence-electron chi connectivity index (χ0n) is 15.8. The third kappa shape index (κ3) is 6.15. The maximum Gasteiger partial charge on any atom is 0.407 e. The molecule has 1 saturated heterocycles. The number of hydrogen-bond donors (Lipinski definition) is 1. The van der Waals surface area contributed by atoms with Crippen LogP contribution in [0.2, 0.25) is 0 Å². The molecule has 0 radical (unpaired) electrons. The molecule has 1 amide bonds. The van der Waals surface area contributed by atoms with Gasteiger partial charge < -0.3 is 19.9 Å². The molecule has 2 aromatic carbocycles. The second-order valence-corrected chi connectivity index (χ2v) is 6.73. The first-order chi connectivity index (χ1) is 13.2. The molecule has 2 aromatic rings. The topological polar surface area (TPSA) is 44.8 Å². The number of alkyl carbamates (subject to hydrolysis) is 1. The van der Waals surface area contributed by atoms with E-state index in [-0.39, 0.29) is 6.61 Å². The number of nitrogens with one attached hydrogen (secondary N) is 1. The van der Waals surface area contributed by atoms with Crippen LogP contribution in [0.4, 0.5) is 10.5 Å². The molecule has 0 bridgehead atoms. The number of benzene rings is 2. The van der Waals surface area contributed by atoms with E-state index >= 15 is 0 Å². The molecule has 1 N–H and O–H groups in total. The fourth-order valence-electron chi connectivity index (χ4n) is 2.97. The molecule has 1 aliphatic rings. The number of anilines is 1. The average Bonchev–Trinajstić information content (AvgIpc) is 2.71. The second kappa shape index (κ2) is 9.78. The van der Waals surface area contributed by atoms with Crippen LogP contribution in [0.25, 0.3) is 6.08 Å². The van der Waals surface area contributed by atoms with Crippen LogP contribution in [0.5, 0.6) is 0 Å². The van der Waals surface area contributed by atoms with Crippen molar-refractivity contribution in [2.45, 2.75) is 6.61 Å². The summed E-state index contributed by atoms with van der Waals surface area (Å²) < 4.78 is 5.18. The molecule has 0 saturated carbocycles. The molecule has 142 valence electrons. The number of amides is 1. The monoisotopic (exact) mass is 365 g/mol. The van der Waals surface area contributed by atoms with Crippen molar-refractivity contribution in [2.24, 2.45) is 0 Å². The molecule has 1 fully saturated rings. The first-order valence-electron chi connectivity index (χ1n) is 9.35. The van der Waals surface area contributed by atoms with E-state index < -0.39 is 6.09 Å². The molecule has 5 nitrogen and oxygen atoms in total. The number of nitrogens with zero attached hydrogens (tertiary/aromatic N) is 2. The van der Waals surface area contributed by atoms with Gasteiger partial charge in [0.1, 0.15) is 6.61 Å². The van der Waals surface area contributed by atoms with Gasteiger partial charge in [-0.15, -0.1) is 0 Å². The van der Waals surface area contributed by atoms with Crippen molar-refractivity contribution < 1.29 is 9.53 Å². The molecule has 0 aliphatic carbocycles. The summed E-state index contributed by atoms with van der Waals surface area (Å²) in [5, 5.41) is 2.73. The van der Waals surface area contributed by atoms with E-state index in [2.05, 4.69) is 46.4 Å². The lowest BCUT2D eigenvalue weighted by Gasteiger charge is -2.34. The highest BCUT2D eigenvalue weighted by molar-refractivity contribution is 5.67. The molecule has 0 spiro atoms. The Morgan fingerprint density at radius 1 is 1.04 bits per heavy atom. The lowest BCUT2D eigenvalue weighted by atomic mass is 10.1. The van der Waals surface area contributed by atoms with Crippen molar-refractivity contribution in [2.75, 3.05) is 44.7 Å². The van der Waals surface area contributed by atoms with Crippen LogP contribution in [0, 0.1) is 0 Å². The molecular weight excluding hydrogens is 338 g/mol. The first-order valence-corrected chi connectivity index (χ1v) is 9.35. The highest BCUT2D eigenvalue weighted by Crippen LogP contribution is 2.17. The molecule has 0 aromatic heterocycles. The number of rotatable bonds is 6. The molecule has 27 heavy (non-hydrogen) atoms. The molecule has 0 atom stereocenters. The lowest BCUT2D eigenvalue weighted by Crippen LogP contribution is -2.44. The summed E-state index contributed by atoms with van der Waals surface area (Å²) in [7, 11) is 2.16. The van der Waals surface area contributed by atoms with E-state index in [1.165, 1.54) is 5.69 Å². The van der Waals surface area contributed by atoms with Gasteiger partial charge in [-0.2, -0.15) is 0 Å². The van der Waals surface area contributed by atoms with Crippen LogP contribution in [-0.4, -0.2) is 50.8 Å². The summed E-state index contributed by atoms with van der Waals surface area (Å²) in [5.74, 6) is 0. The second-order valence-electron chi connectivity index (χ2n) is 6.73. The van der Waals surface area contributed by atoms with Gasteiger partial charge in [0.05, 0.1) is 0 Å². The van der Waals surface area contributed by atoms with Crippen LogP contribution >= 0.6 is 0 Å². The maximum absolute atomic E-state index is 11.7. The highest BCUT2D eigenvalue weighted by atomic mass is 16.5. The predicted octanol–water partition coefficient (Wildman–Crippen LogP) is 3.38. The van der Waals surface area contributed by atoms with Gasteiger partial charge in [0.15, 0.2) is 0 Å². The molecule has 1 aliphatic heterocycles. The van der Waals surface area contributed by atoms with E-state index in [1.807, 2.05) is 42.5 Å². The Bertz CT molecular complexity index is 736. The van der Waals surface area contributed by atoms with E-state index in [0.717, 1.165) is 37.3 Å². The minimum absolute atomic E-state index is 0.282. The maximum atomic E-state index is 11.7. The van der Waals surface area contributed by atoms with Gasteiger partial charge in [-0.05, 0) is 30.3 Å². The third-order valence-corrected chi connectivity index (χ3v) is 4.65. The smallest absolute Gasteiger partial charge is 0.407 e. The van der Waals surface area contributed by atoms with E-state index in [4.69, 9.17) is 4.74 Å². The van der Waals surface area contributed by atoms with Crippen molar-refractivity contribution >= 4 is 17.9 Å². The third-order valence-electron chi connectivity index (χ3n) is 4.65. The number of carbonyl (C=O) groups is 1. The number of likely N-dealkylation sites (N-methyl/N-ethyl adjacent to an activating group) is 1. The summed E-state index contributed by atoms with van der Waals surface area (Å²) in [4.78, 5) is 16.5. The molecule has 3 rings (SSSR count). The Labute approximate surface area is 161 Å². The minimum atomic E-state index is -0.408.